The Bertz CT molecular complexity index is 846. The highest BCUT2D eigenvalue weighted by Gasteiger charge is 2.22. The Morgan fingerprint density at radius 3 is 2.57 bits per heavy atom. The molecule has 2 aromatic carbocycles. The fraction of sp³-hybridized carbons (Fsp3) is 0.294. The lowest BCUT2D eigenvalue weighted by Gasteiger charge is -2.16. The number of aryl methyl sites for hydroxylation is 2. The molecule has 0 saturated heterocycles. The molecule has 0 radical (unpaired) electrons. The number of benzene rings is 2. The van der Waals surface area contributed by atoms with Crippen molar-refractivity contribution in [1.82, 2.24) is 4.72 Å². The second-order valence-corrected chi connectivity index (χ2v) is 7.41. The smallest absolute Gasteiger partial charge is 0.241 e. The van der Waals surface area contributed by atoms with Crippen molar-refractivity contribution in [2.75, 3.05) is 6.79 Å². The lowest BCUT2D eigenvalue weighted by atomic mass is 10.1. The Balaban J connectivity index is 1.86. The van der Waals surface area contributed by atoms with Crippen LogP contribution in [0, 0.1) is 13.8 Å². The molecule has 1 aliphatic heterocycles. The molecule has 1 heterocycles. The van der Waals surface area contributed by atoms with Gasteiger partial charge in [-0.1, -0.05) is 18.2 Å². The van der Waals surface area contributed by atoms with Gasteiger partial charge in [0.25, 0.3) is 0 Å². The molecule has 1 unspecified atom stereocenters. The molecule has 0 fully saturated rings. The molecule has 0 bridgehead atoms. The van der Waals surface area contributed by atoms with Gasteiger partial charge in [0, 0.05) is 6.04 Å². The fourth-order valence-electron chi connectivity index (χ4n) is 2.54. The van der Waals surface area contributed by atoms with Crippen LogP contribution in [0.25, 0.3) is 0 Å². The van der Waals surface area contributed by atoms with Gasteiger partial charge in [-0.25, -0.2) is 13.1 Å². The molecule has 2 aromatic rings. The van der Waals surface area contributed by atoms with Crippen LogP contribution in [0.1, 0.15) is 29.7 Å². The lowest BCUT2D eigenvalue weighted by Crippen LogP contribution is -2.27. The Morgan fingerprint density at radius 1 is 1.04 bits per heavy atom. The van der Waals surface area contributed by atoms with Crippen LogP contribution in [0.5, 0.6) is 11.5 Å². The average Bonchev–Trinajstić information content (AvgIpc) is 2.96. The van der Waals surface area contributed by atoms with E-state index in [1.807, 2.05) is 25.1 Å². The van der Waals surface area contributed by atoms with Crippen LogP contribution in [0.2, 0.25) is 0 Å². The van der Waals surface area contributed by atoms with E-state index in [2.05, 4.69) is 4.72 Å². The van der Waals surface area contributed by atoms with Gasteiger partial charge in [0.2, 0.25) is 16.8 Å². The van der Waals surface area contributed by atoms with Gasteiger partial charge in [-0.2, -0.15) is 0 Å². The molecular weight excluding hydrogens is 314 g/mol. The predicted molar refractivity (Wildman–Crippen MR) is 87.2 cm³/mol. The molecule has 0 aromatic heterocycles. The topological polar surface area (TPSA) is 64.6 Å². The maximum Gasteiger partial charge on any atom is 0.241 e. The first-order valence-corrected chi connectivity index (χ1v) is 8.84. The van der Waals surface area contributed by atoms with Gasteiger partial charge >= 0.3 is 0 Å². The van der Waals surface area contributed by atoms with E-state index in [0.29, 0.717) is 16.4 Å². The number of sulfonamides is 1. The van der Waals surface area contributed by atoms with Crippen LogP contribution < -0.4 is 14.2 Å². The first-order valence-electron chi connectivity index (χ1n) is 7.36. The minimum Gasteiger partial charge on any atom is -0.454 e. The first-order chi connectivity index (χ1) is 10.9. The molecule has 0 aliphatic carbocycles. The van der Waals surface area contributed by atoms with E-state index in [9.17, 15) is 8.42 Å². The molecule has 0 amide bonds. The van der Waals surface area contributed by atoms with Gasteiger partial charge in [0.05, 0.1) is 4.90 Å². The standard InChI is InChI=1S/C17H19NO4S/c1-11-4-5-12(2)17(8-11)23(19,20)18-13(3)14-6-7-15-16(9-14)22-10-21-15/h4-9,13,18H,10H2,1-3H3. The molecule has 5 nitrogen and oxygen atoms in total. The summed E-state index contributed by atoms with van der Waals surface area (Å²) in [6.45, 7) is 5.67. The molecule has 3 rings (SSSR count). The third kappa shape index (κ3) is 3.18. The largest absolute Gasteiger partial charge is 0.454 e. The molecule has 6 heteroatoms. The number of hydrogen-bond donors (Lipinski definition) is 1. The SMILES string of the molecule is Cc1ccc(C)c(S(=O)(=O)NC(C)c2ccc3c(c2)OCO3)c1. The van der Waals surface area contributed by atoms with Crippen molar-refractivity contribution < 1.29 is 17.9 Å². The fourth-order valence-corrected chi connectivity index (χ4v) is 4.11. The maximum absolute atomic E-state index is 12.7. The number of fused-ring (bicyclic) bond motifs is 1. The minimum absolute atomic E-state index is 0.196. The summed E-state index contributed by atoms with van der Waals surface area (Å²) in [7, 11) is -3.60. The summed E-state index contributed by atoms with van der Waals surface area (Å²) < 4.78 is 38.6. The third-order valence-electron chi connectivity index (χ3n) is 3.86. The van der Waals surface area contributed by atoms with Crippen molar-refractivity contribution >= 4 is 10.0 Å². The monoisotopic (exact) mass is 333 g/mol. The van der Waals surface area contributed by atoms with Crippen molar-refractivity contribution in [3.8, 4) is 11.5 Å². The van der Waals surface area contributed by atoms with E-state index in [1.165, 1.54) is 0 Å². The van der Waals surface area contributed by atoms with Gasteiger partial charge < -0.3 is 9.47 Å². The van der Waals surface area contributed by atoms with E-state index in [1.54, 1.807) is 32.0 Å². The Hall–Kier alpha value is -2.05. The van der Waals surface area contributed by atoms with Crippen molar-refractivity contribution in [3.63, 3.8) is 0 Å². The summed E-state index contributed by atoms with van der Waals surface area (Å²) in [6, 6.07) is 10.5. The summed E-state index contributed by atoms with van der Waals surface area (Å²) in [6.07, 6.45) is 0. The van der Waals surface area contributed by atoms with E-state index in [4.69, 9.17) is 9.47 Å². The second-order valence-electron chi connectivity index (χ2n) is 5.72. The van der Waals surface area contributed by atoms with Crippen molar-refractivity contribution in [3.05, 3.63) is 53.1 Å². The Kier molecular flexibility index (Phi) is 4.04. The molecule has 0 saturated carbocycles. The Labute approximate surface area is 136 Å². The molecule has 122 valence electrons. The van der Waals surface area contributed by atoms with E-state index < -0.39 is 10.0 Å². The molecule has 23 heavy (non-hydrogen) atoms. The van der Waals surface area contributed by atoms with Crippen LogP contribution in [0.15, 0.2) is 41.3 Å². The number of rotatable bonds is 4. The number of hydrogen-bond acceptors (Lipinski definition) is 4. The summed E-state index contributed by atoms with van der Waals surface area (Å²) in [4.78, 5) is 0.310. The van der Waals surface area contributed by atoms with E-state index >= 15 is 0 Å². The molecule has 1 N–H and O–H groups in total. The van der Waals surface area contributed by atoms with Gasteiger partial charge in [-0.3, -0.25) is 0 Å². The number of ether oxygens (including phenoxy) is 2. The zero-order valence-electron chi connectivity index (χ0n) is 13.3. The molecule has 1 aliphatic rings. The van der Waals surface area contributed by atoms with Gasteiger partial charge in [-0.05, 0) is 55.7 Å². The van der Waals surface area contributed by atoms with E-state index in [-0.39, 0.29) is 12.8 Å². The van der Waals surface area contributed by atoms with Gasteiger partial charge in [-0.15, -0.1) is 0 Å². The van der Waals surface area contributed by atoms with Crippen molar-refractivity contribution in [2.45, 2.75) is 31.7 Å². The number of nitrogens with one attached hydrogen (secondary N) is 1. The molecular formula is C17H19NO4S. The average molecular weight is 333 g/mol. The normalized spacial score (nSPS) is 14.7. The van der Waals surface area contributed by atoms with Crippen LogP contribution in [-0.2, 0) is 10.0 Å². The lowest BCUT2D eigenvalue weighted by molar-refractivity contribution is 0.174. The highest BCUT2D eigenvalue weighted by atomic mass is 32.2. The predicted octanol–water partition coefficient (Wildman–Crippen LogP) is 3.07. The highest BCUT2D eigenvalue weighted by Crippen LogP contribution is 2.34. The molecule has 0 spiro atoms. The van der Waals surface area contributed by atoms with Crippen LogP contribution in [0.3, 0.4) is 0 Å². The zero-order valence-corrected chi connectivity index (χ0v) is 14.1. The summed E-state index contributed by atoms with van der Waals surface area (Å²) in [5.74, 6) is 1.32. The van der Waals surface area contributed by atoms with Gasteiger partial charge in [0.15, 0.2) is 11.5 Å². The summed E-state index contributed by atoms with van der Waals surface area (Å²) in [5, 5.41) is 0. The first kappa shape index (κ1) is 15.8. The minimum atomic E-state index is -3.60. The third-order valence-corrected chi connectivity index (χ3v) is 5.54. The van der Waals surface area contributed by atoms with E-state index in [0.717, 1.165) is 16.7 Å². The molecule has 1 atom stereocenters. The quantitative estimate of drug-likeness (QED) is 0.934. The highest BCUT2D eigenvalue weighted by molar-refractivity contribution is 7.89. The maximum atomic E-state index is 12.7. The zero-order chi connectivity index (χ0) is 16.6. The Morgan fingerprint density at radius 2 is 1.78 bits per heavy atom. The summed E-state index contributed by atoms with van der Waals surface area (Å²) >= 11 is 0. The van der Waals surface area contributed by atoms with Gasteiger partial charge in [0.1, 0.15) is 0 Å². The van der Waals surface area contributed by atoms with Crippen LogP contribution >= 0.6 is 0 Å². The van der Waals surface area contributed by atoms with Crippen molar-refractivity contribution in [1.29, 1.82) is 0 Å². The van der Waals surface area contributed by atoms with Crippen LogP contribution in [-0.4, -0.2) is 15.2 Å². The van der Waals surface area contributed by atoms with Crippen molar-refractivity contribution in [2.24, 2.45) is 0 Å². The van der Waals surface area contributed by atoms with Crippen LogP contribution in [0.4, 0.5) is 0 Å². The summed E-state index contributed by atoms with van der Waals surface area (Å²) in [5.41, 5.74) is 2.45. The second kappa shape index (κ2) is 5.86.